The lowest BCUT2D eigenvalue weighted by molar-refractivity contribution is -0.137. The summed E-state index contributed by atoms with van der Waals surface area (Å²) in [7, 11) is -4.78. The number of alkyl halides is 5. The van der Waals surface area contributed by atoms with E-state index in [1.807, 2.05) is 0 Å². The molecule has 0 saturated carbocycles. The van der Waals surface area contributed by atoms with Crippen molar-refractivity contribution in [1.29, 1.82) is 0 Å². The molecule has 6 nitrogen and oxygen atoms in total. The van der Waals surface area contributed by atoms with Gasteiger partial charge in [-0.3, -0.25) is 0 Å². The number of nitrogen functional groups attached to an aromatic ring is 1. The average Bonchev–Trinajstić information content (AvgIpc) is 2.96. The standard InChI is InChI=1S/C17H9Cl3F5N3O3S/c18-8-5-10(19)12(11(20)6-8)28-14(26)13(15(27-28)31-16(21)22)32(29,30)9-3-1-7(2-4-9)17(23,24)25/h1-6,16H,26H2. The van der Waals surface area contributed by atoms with Gasteiger partial charge in [0.2, 0.25) is 9.84 Å². The fourth-order valence-corrected chi connectivity index (χ4v) is 5.05. The summed E-state index contributed by atoms with van der Waals surface area (Å²) in [6.45, 7) is -3.50. The molecule has 15 heteroatoms. The van der Waals surface area contributed by atoms with Crippen LogP contribution in [0.25, 0.3) is 5.69 Å². The van der Waals surface area contributed by atoms with Crippen LogP contribution in [0.2, 0.25) is 15.1 Å². The van der Waals surface area contributed by atoms with Crippen molar-refractivity contribution in [3.63, 3.8) is 0 Å². The fraction of sp³-hybridized carbons (Fsp3) is 0.118. The molecule has 0 atom stereocenters. The van der Waals surface area contributed by atoms with E-state index in [1.165, 1.54) is 12.1 Å². The molecule has 0 aliphatic rings. The van der Waals surface area contributed by atoms with E-state index in [0.29, 0.717) is 28.9 Å². The van der Waals surface area contributed by atoms with Gasteiger partial charge in [0.15, 0.2) is 10.7 Å². The van der Waals surface area contributed by atoms with Crippen LogP contribution < -0.4 is 10.5 Å². The number of anilines is 1. The van der Waals surface area contributed by atoms with E-state index in [-0.39, 0.29) is 20.8 Å². The first-order valence-electron chi connectivity index (χ1n) is 8.14. The van der Waals surface area contributed by atoms with E-state index in [0.717, 1.165) is 0 Å². The Morgan fingerprint density at radius 3 is 2.03 bits per heavy atom. The van der Waals surface area contributed by atoms with Crippen LogP contribution in [-0.4, -0.2) is 24.8 Å². The molecule has 1 aromatic heterocycles. The van der Waals surface area contributed by atoms with Crippen LogP contribution >= 0.6 is 34.8 Å². The molecule has 2 aromatic carbocycles. The topological polar surface area (TPSA) is 87.2 Å². The van der Waals surface area contributed by atoms with Crippen LogP contribution in [-0.2, 0) is 16.0 Å². The maximum atomic E-state index is 13.1. The SMILES string of the molecule is Nc1c(S(=O)(=O)c2ccc(C(F)(F)F)cc2)c(OC(F)F)nn1-c1c(Cl)cc(Cl)cc1Cl. The summed E-state index contributed by atoms with van der Waals surface area (Å²) in [6, 6.07) is 4.72. The Kier molecular flexibility index (Phi) is 6.53. The summed E-state index contributed by atoms with van der Waals surface area (Å²) < 4.78 is 95.2. The Bertz CT molecular complexity index is 1260. The van der Waals surface area contributed by atoms with Gasteiger partial charge in [-0.15, -0.1) is 5.10 Å². The number of sulfone groups is 1. The maximum Gasteiger partial charge on any atom is 0.416 e. The van der Waals surface area contributed by atoms with Crippen molar-refractivity contribution in [2.45, 2.75) is 22.6 Å². The zero-order valence-corrected chi connectivity index (χ0v) is 18.3. The van der Waals surface area contributed by atoms with E-state index >= 15 is 0 Å². The summed E-state index contributed by atoms with van der Waals surface area (Å²) in [6.07, 6.45) is -4.72. The Balaban J connectivity index is 2.24. The molecule has 0 aliphatic heterocycles. The van der Waals surface area contributed by atoms with Crippen LogP contribution in [0.3, 0.4) is 0 Å². The van der Waals surface area contributed by atoms with Gasteiger partial charge in [-0.05, 0) is 36.4 Å². The molecule has 0 saturated heterocycles. The number of benzene rings is 2. The first-order chi connectivity index (χ1) is 14.7. The van der Waals surface area contributed by atoms with Crippen LogP contribution in [0.4, 0.5) is 27.8 Å². The number of aromatic nitrogens is 2. The van der Waals surface area contributed by atoms with Gasteiger partial charge in [0.25, 0.3) is 5.88 Å². The molecule has 0 unspecified atom stereocenters. The number of nitrogens with two attached hydrogens (primary N) is 1. The van der Waals surface area contributed by atoms with E-state index in [9.17, 15) is 30.4 Å². The van der Waals surface area contributed by atoms with Crippen molar-refractivity contribution in [3.05, 3.63) is 57.0 Å². The number of hydrogen-bond acceptors (Lipinski definition) is 5. The molecule has 2 N–H and O–H groups in total. The number of hydrogen-bond donors (Lipinski definition) is 1. The molecule has 3 rings (SSSR count). The van der Waals surface area contributed by atoms with Crippen molar-refractivity contribution >= 4 is 50.5 Å². The van der Waals surface area contributed by atoms with Gasteiger partial charge in [-0.2, -0.15) is 22.0 Å². The summed E-state index contributed by atoms with van der Waals surface area (Å²) >= 11 is 18.0. The van der Waals surface area contributed by atoms with Gasteiger partial charge in [0.05, 0.1) is 20.5 Å². The first kappa shape index (κ1) is 24.4. The molecule has 0 radical (unpaired) electrons. The summed E-state index contributed by atoms with van der Waals surface area (Å²) in [5.41, 5.74) is 4.56. The predicted molar refractivity (Wildman–Crippen MR) is 107 cm³/mol. The molecule has 0 amide bonds. The second kappa shape index (κ2) is 8.58. The third kappa shape index (κ3) is 4.58. The monoisotopic (exact) mass is 535 g/mol. The molecule has 0 aliphatic carbocycles. The average molecular weight is 537 g/mol. The van der Waals surface area contributed by atoms with Gasteiger partial charge in [-0.1, -0.05) is 34.8 Å². The number of halogens is 8. The van der Waals surface area contributed by atoms with Crippen molar-refractivity contribution in [2.24, 2.45) is 0 Å². The lowest BCUT2D eigenvalue weighted by Crippen LogP contribution is -2.11. The molecule has 32 heavy (non-hydrogen) atoms. The lowest BCUT2D eigenvalue weighted by atomic mass is 10.2. The quantitative estimate of drug-likeness (QED) is 0.412. The van der Waals surface area contributed by atoms with E-state index in [1.54, 1.807) is 0 Å². The number of rotatable bonds is 5. The van der Waals surface area contributed by atoms with Gasteiger partial charge in [-0.25, -0.2) is 13.1 Å². The zero-order chi connectivity index (χ0) is 24.0. The smallest absolute Gasteiger partial charge is 0.414 e. The Morgan fingerprint density at radius 1 is 1.03 bits per heavy atom. The molecular formula is C17H9Cl3F5N3O3S. The molecule has 1 heterocycles. The van der Waals surface area contributed by atoms with E-state index in [4.69, 9.17) is 40.5 Å². The third-order valence-electron chi connectivity index (χ3n) is 4.00. The predicted octanol–water partition coefficient (Wildman–Crippen LogP) is 5.87. The van der Waals surface area contributed by atoms with Crippen molar-refractivity contribution in [2.75, 3.05) is 5.73 Å². The Morgan fingerprint density at radius 2 is 1.56 bits per heavy atom. The highest BCUT2D eigenvalue weighted by Crippen LogP contribution is 2.40. The Labute approximate surface area is 192 Å². The molecule has 0 fully saturated rings. The highest BCUT2D eigenvalue weighted by Gasteiger charge is 2.35. The van der Waals surface area contributed by atoms with Gasteiger partial charge in [0, 0.05) is 5.02 Å². The molecule has 3 aromatic rings. The minimum Gasteiger partial charge on any atom is -0.414 e. The number of ether oxygens (including phenoxy) is 1. The number of nitrogens with zero attached hydrogens (tertiary/aromatic N) is 2. The van der Waals surface area contributed by atoms with Crippen molar-refractivity contribution in [3.8, 4) is 11.6 Å². The highest BCUT2D eigenvalue weighted by molar-refractivity contribution is 7.91. The van der Waals surface area contributed by atoms with Gasteiger partial charge in [0.1, 0.15) is 5.69 Å². The van der Waals surface area contributed by atoms with E-state index < -0.39 is 49.7 Å². The summed E-state index contributed by atoms with van der Waals surface area (Å²) in [5, 5.41) is 3.44. The van der Waals surface area contributed by atoms with Gasteiger partial charge < -0.3 is 10.5 Å². The third-order valence-corrected chi connectivity index (χ3v) is 6.61. The molecular weight excluding hydrogens is 528 g/mol. The highest BCUT2D eigenvalue weighted by atomic mass is 35.5. The van der Waals surface area contributed by atoms with Crippen LogP contribution in [0.15, 0.2) is 46.2 Å². The normalized spacial score (nSPS) is 12.4. The van der Waals surface area contributed by atoms with Crippen LogP contribution in [0.1, 0.15) is 5.56 Å². The minimum atomic E-state index is -4.78. The largest absolute Gasteiger partial charge is 0.416 e. The fourth-order valence-electron chi connectivity index (χ4n) is 2.66. The summed E-state index contributed by atoms with van der Waals surface area (Å²) in [5.74, 6) is -1.84. The maximum absolute atomic E-state index is 13.1. The molecule has 172 valence electrons. The lowest BCUT2D eigenvalue weighted by Gasteiger charge is -2.10. The molecule has 0 spiro atoms. The van der Waals surface area contributed by atoms with Crippen LogP contribution in [0, 0.1) is 0 Å². The van der Waals surface area contributed by atoms with Crippen molar-refractivity contribution in [1.82, 2.24) is 9.78 Å². The minimum absolute atomic E-state index is 0.108. The summed E-state index contributed by atoms with van der Waals surface area (Å²) in [4.78, 5) is -1.69. The second-order valence-electron chi connectivity index (χ2n) is 6.05. The zero-order valence-electron chi connectivity index (χ0n) is 15.2. The first-order valence-corrected chi connectivity index (χ1v) is 10.8. The van der Waals surface area contributed by atoms with Crippen molar-refractivity contribution < 1.29 is 35.1 Å². The van der Waals surface area contributed by atoms with E-state index in [2.05, 4.69) is 9.84 Å². The molecule has 0 bridgehead atoms. The van der Waals surface area contributed by atoms with Gasteiger partial charge >= 0.3 is 12.8 Å². The van der Waals surface area contributed by atoms with Crippen LogP contribution in [0.5, 0.6) is 5.88 Å². The second-order valence-corrected chi connectivity index (χ2v) is 9.19. The Hall–Kier alpha value is -2.28.